The molecule has 7 nitrogen and oxygen atoms in total. The molecule has 1 saturated heterocycles. The first-order valence-electron chi connectivity index (χ1n) is 5.00. The fourth-order valence-electron chi connectivity index (χ4n) is 1.59. The van der Waals surface area contributed by atoms with E-state index < -0.39 is 21.8 Å². The van der Waals surface area contributed by atoms with Gasteiger partial charge in [-0.25, -0.2) is 18.2 Å². The number of nitrogens with zero attached hydrogens (tertiary/aromatic N) is 1. The summed E-state index contributed by atoms with van der Waals surface area (Å²) in [5.74, 6) is -0.453. The standard InChI is InChI=1S/C9H12N2O5S/c1-15-9(12)7-4-11-8(16-7)6-5-17(13,14)3-2-10-6/h4,6,10H,2-3,5H2,1H3. The monoisotopic (exact) mass is 260 g/mol. The van der Waals surface area contributed by atoms with Gasteiger partial charge in [-0.15, -0.1) is 0 Å². The second-order valence-corrected chi connectivity index (χ2v) is 5.90. The van der Waals surface area contributed by atoms with Crippen LogP contribution >= 0.6 is 0 Å². The lowest BCUT2D eigenvalue weighted by molar-refractivity contribution is 0.0562. The average Bonchev–Trinajstić information content (AvgIpc) is 2.76. The normalized spacial score (nSPS) is 23.2. The van der Waals surface area contributed by atoms with Crippen molar-refractivity contribution in [3.8, 4) is 0 Å². The summed E-state index contributed by atoms with van der Waals surface area (Å²) in [4.78, 5) is 15.0. The average molecular weight is 260 g/mol. The highest BCUT2D eigenvalue weighted by molar-refractivity contribution is 7.91. The number of hydrogen-bond donors (Lipinski definition) is 1. The molecule has 2 heterocycles. The van der Waals surface area contributed by atoms with Gasteiger partial charge in [0.2, 0.25) is 11.7 Å². The zero-order valence-electron chi connectivity index (χ0n) is 9.17. The van der Waals surface area contributed by atoms with Crippen molar-refractivity contribution in [3.05, 3.63) is 17.8 Å². The predicted octanol–water partition coefficient (Wildman–Crippen LogP) is -0.480. The van der Waals surface area contributed by atoms with E-state index in [0.717, 1.165) is 0 Å². The molecule has 1 unspecified atom stereocenters. The summed E-state index contributed by atoms with van der Waals surface area (Å²) in [5.41, 5.74) is 0. The third kappa shape index (κ3) is 2.64. The van der Waals surface area contributed by atoms with Crippen LogP contribution in [0.2, 0.25) is 0 Å². The molecule has 1 atom stereocenters. The van der Waals surface area contributed by atoms with Crippen LogP contribution in [0.3, 0.4) is 0 Å². The molecule has 0 radical (unpaired) electrons. The van der Waals surface area contributed by atoms with Gasteiger partial charge in [-0.2, -0.15) is 0 Å². The molecule has 17 heavy (non-hydrogen) atoms. The fraction of sp³-hybridized carbons (Fsp3) is 0.556. The molecule has 2 rings (SSSR count). The van der Waals surface area contributed by atoms with E-state index in [1.54, 1.807) is 0 Å². The predicted molar refractivity (Wildman–Crippen MR) is 57.2 cm³/mol. The molecular weight excluding hydrogens is 248 g/mol. The first kappa shape index (κ1) is 12.1. The van der Waals surface area contributed by atoms with Crippen molar-refractivity contribution < 1.29 is 22.4 Å². The topological polar surface area (TPSA) is 98.5 Å². The molecule has 0 aromatic carbocycles. The lowest BCUT2D eigenvalue weighted by Gasteiger charge is -2.20. The van der Waals surface area contributed by atoms with Crippen molar-refractivity contribution in [2.45, 2.75) is 6.04 Å². The minimum Gasteiger partial charge on any atom is -0.463 e. The molecular formula is C9H12N2O5S. The van der Waals surface area contributed by atoms with E-state index in [1.807, 2.05) is 0 Å². The van der Waals surface area contributed by atoms with Crippen LogP contribution in [0.5, 0.6) is 0 Å². The molecule has 1 fully saturated rings. The van der Waals surface area contributed by atoms with E-state index in [-0.39, 0.29) is 23.2 Å². The Hall–Kier alpha value is -1.41. The summed E-state index contributed by atoms with van der Waals surface area (Å²) in [6, 6.07) is -0.507. The number of esters is 1. The van der Waals surface area contributed by atoms with E-state index in [9.17, 15) is 13.2 Å². The zero-order valence-corrected chi connectivity index (χ0v) is 9.99. The Labute approximate surface area is 98.1 Å². The molecule has 1 aromatic rings. The summed E-state index contributed by atoms with van der Waals surface area (Å²) < 4.78 is 32.5. The highest BCUT2D eigenvalue weighted by atomic mass is 32.2. The first-order valence-corrected chi connectivity index (χ1v) is 6.82. The van der Waals surface area contributed by atoms with Crippen molar-refractivity contribution in [2.75, 3.05) is 25.2 Å². The van der Waals surface area contributed by atoms with Gasteiger partial charge in [0, 0.05) is 6.54 Å². The lowest BCUT2D eigenvalue weighted by Crippen LogP contribution is -2.39. The van der Waals surface area contributed by atoms with Gasteiger partial charge in [0.1, 0.15) is 0 Å². The highest BCUT2D eigenvalue weighted by Crippen LogP contribution is 2.18. The summed E-state index contributed by atoms with van der Waals surface area (Å²) >= 11 is 0. The molecule has 94 valence electrons. The number of sulfone groups is 1. The molecule has 0 aliphatic carbocycles. The van der Waals surface area contributed by atoms with Crippen LogP contribution in [-0.2, 0) is 14.6 Å². The molecule has 1 aromatic heterocycles. The van der Waals surface area contributed by atoms with Gasteiger partial charge in [0.05, 0.1) is 30.9 Å². The number of hydrogen-bond acceptors (Lipinski definition) is 7. The smallest absolute Gasteiger partial charge is 0.375 e. The van der Waals surface area contributed by atoms with Gasteiger partial charge in [-0.3, -0.25) is 0 Å². The SMILES string of the molecule is COC(=O)c1cnc(C2CS(=O)(=O)CCN2)o1. The summed E-state index contributed by atoms with van der Waals surface area (Å²) in [6.45, 7) is 0.350. The Morgan fingerprint density at radius 2 is 2.41 bits per heavy atom. The van der Waals surface area contributed by atoms with E-state index in [1.165, 1.54) is 13.3 Å². The maximum Gasteiger partial charge on any atom is 0.375 e. The van der Waals surface area contributed by atoms with Crippen molar-refractivity contribution in [1.29, 1.82) is 0 Å². The second-order valence-electron chi connectivity index (χ2n) is 3.68. The van der Waals surface area contributed by atoms with Crippen LogP contribution in [0.4, 0.5) is 0 Å². The summed E-state index contributed by atoms with van der Waals surface area (Å²) in [5, 5.41) is 2.97. The number of rotatable bonds is 2. The Morgan fingerprint density at radius 3 is 3.06 bits per heavy atom. The van der Waals surface area contributed by atoms with Gasteiger partial charge >= 0.3 is 5.97 Å². The maximum atomic E-state index is 11.4. The fourth-order valence-corrected chi connectivity index (χ4v) is 2.95. The van der Waals surface area contributed by atoms with Crippen LogP contribution in [0.25, 0.3) is 0 Å². The van der Waals surface area contributed by atoms with Crippen molar-refractivity contribution in [2.24, 2.45) is 0 Å². The molecule has 1 aliphatic rings. The van der Waals surface area contributed by atoms with E-state index in [4.69, 9.17) is 4.42 Å². The van der Waals surface area contributed by atoms with Gasteiger partial charge < -0.3 is 14.5 Å². The van der Waals surface area contributed by atoms with Gasteiger partial charge in [0.15, 0.2) is 9.84 Å². The molecule has 1 N–H and O–H groups in total. The number of ether oxygens (including phenoxy) is 1. The van der Waals surface area contributed by atoms with Gasteiger partial charge in [0.25, 0.3) is 0 Å². The number of carbonyl (C=O) groups excluding carboxylic acids is 1. The van der Waals surface area contributed by atoms with E-state index in [2.05, 4.69) is 15.0 Å². The number of aromatic nitrogens is 1. The highest BCUT2D eigenvalue weighted by Gasteiger charge is 2.29. The van der Waals surface area contributed by atoms with Gasteiger partial charge in [-0.05, 0) is 0 Å². The Morgan fingerprint density at radius 1 is 1.65 bits per heavy atom. The van der Waals surface area contributed by atoms with E-state index in [0.29, 0.717) is 6.54 Å². The van der Waals surface area contributed by atoms with E-state index >= 15 is 0 Å². The largest absolute Gasteiger partial charge is 0.463 e. The van der Waals surface area contributed by atoms with Crippen LogP contribution in [0.1, 0.15) is 22.5 Å². The molecule has 0 amide bonds. The molecule has 0 saturated carbocycles. The van der Waals surface area contributed by atoms with Crippen molar-refractivity contribution in [3.63, 3.8) is 0 Å². The first-order chi connectivity index (χ1) is 8.02. The quantitative estimate of drug-likeness (QED) is 0.717. The van der Waals surface area contributed by atoms with Crippen LogP contribution in [0, 0.1) is 0 Å². The number of methoxy groups -OCH3 is 1. The second kappa shape index (κ2) is 4.46. The molecule has 0 spiro atoms. The number of carbonyl (C=O) groups is 1. The Bertz CT molecular complexity index is 521. The van der Waals surface area contributed by atoms with Crippen molar-refractivity contribution in [1.82, 2.24) is 10.3 Å². The molecule has 8 heteroatoms. The molecule has 1 aliphatic heterocycles. The minimum absolute atomic E-state index is 0.0349. The Balaban J connectivity index is 2.17. The van der Waals surface area contributed by atoms with Crippen LogP contribution in [0.15, 0.2) is 10.6 Å². The third-order valence-electron chi connectivity index (χ3n) is 2.43. The number of oxazole rings is 1. The van der Waals surface area contributed by atoms with Crippen LogP contribution in [-0.4, -0.2) is 44.5 Å². The molecule has 0 bridgehead atoms. The van der Waals surface area contributed by atoms with Crippen LogP contribution < -0.4 is 5.32 Å². The lowest BCUT2D eigenvalue weighted by atomic mass is 10.3. The van der Waals surface area contributed by atoms with Crippen molar-refractivity contribution >= 4 is 15.8 Å². The Kier molecular flexibility index (Phi) is 3.16. The number of nitrogens with one attached hydrogen (secondary N) is 1. The maximum absolute atomic E-state index is 11.4. The summed E-state index contributed by atoms with van der Waals surface area (Å²) in [6.07, 6.45) is 1.23. The minimum atomic E-state index is -3.08. The van der Waals surface area contributed by atoms with Gasteiger partial charge in [-0.1, -0.05) is 0 Å². The third-order valence-corrected chi connectivity index (χ3v) is 4.10. The zero-order chi connectivity index (χ0) is 12.5. The summed E-state index contributed by atoms with van der Waals surface area (Å²) in [7, 11) is -1.85.